The molecule has 1 aromatic carbocycles. The summed E-state index contributed by atoms with van der Waals surface area (Å²) in [6, 6.07) is 10.5. The van der Waals surface area contributed by atoms with Crippen molar-refractivity contribution in [2.45, 2.75) is 13.3 Å². The minimum absolute atomic E-state index is 0.0864. The number of nitrogens with zero attached hydrogens (tertiary/aromatic N) is 2. The van der Waals surface area contributed by atoms with E-state index in [4.69, 9.17) is 0 Å². The summed E-state index contributed by atoms with van der Waals surface area (Å²) in [6.45, 7) is 1.67. The van der Waals surface area contributed by atoms with Crippen molar-refractivity contribution in [2.24, 2.45) is 5.10 Å². The number of nitrogens with one attached hydrogen (secondary N) is 2. The van der Waals surface area contributed by atoms with Gasteiger partial charge in [0.25, 0.3) is 5.91 Å². The molecule has 118 valence electrons. The third kappa shape index (κ3) is 5.63. The number of hydrogen-bond donors (Lipinski definition) is 2. The molecule has 0 atom stereocenters. The van der Waals surface area contributed by atoms with Crippen molar-refractivity contribution in [1.29, 1.82) is 0 Å². The summed E-state index contributed by atoms with van der Waals surface area (Å²) in [5.74, 6) is -0.554. The van der Waals surface area contributed by atoms with E-state index in [1.54, 1.807) is 31.2 Å². The molecule has 2 N–H and O–H groups in total. The van der Waals surface area contributed by atoms with E-state index in [1.165, 1.54) is 12.4 Å². The molecule has 0 bridgehead atoms. The van der Waals surface area contributed by atoms with E-state index >= 15 is 0 Å². The van der Waals surface area contributed by atoms with Gasteiger partial charge in [0.15, 0.2) is 0 Å². The maximum atomic E-state index is 11.9. The first-order chi connectivity index (χ1) is 11.0. The lowest BCUT2D eigenvalue weighted by Crippen LogP contribution is -2.21. The predicted molar refractivity (Wildman–Crippen MR) is 92.2 cm³/mol. The fourth-order valence-electron chi connectivity index (χ4n) is 1.76. The summed E-state index contributed by atoms with van der Waals surface area (Å²) in [6.07, 6.45) is 3.14. The van der Waals surface area contributed by atoms with Crippen molar-refractivity contribution < 1.29 is 9.59 Å². The highest BCUT2D eigenvalue weighted by molar-refractivity contribution is 9.10. The van der Waals surface area contributed by atoms with E-state index in [9.17, 15) is 9.59 Å². The smallest absolute Gasteiger partial charge is 0.271 e. The van der Waals surface area contributed by atoms with Crippen molar-refractivity contribution in [1.82, 2.24) is 10.4 Å². The first-order valence-electron chi connectivity index (χ1n) is 6.83. The van der Waals surface area contributed by atoms with Crippen LogP contribution in [-0.4, -0.2) is 22.5 Å². The Bertz CT molecular complexity index is 732. The summed E-state index contributed by atoms with van der Waals surface area (Å²) < 4.78 is 0.880. The van der Waals surface area contributed by atoms with Crippen LogP contribution < -0.4 is 10.7 Å². The Kier molecular flexibility index (Phi) is 5.99. The third-order valence-corrected chi connectivity index (χ3v) is 3.31. The van der Waals surface area contributed by atoms with Gasteiger partial charge in [-0.1, -0.05) is 22.0 Å². The minimum atomic E-state index is -0.348. The van der Waals surface area contributed by atoms with Gasteiger partial charge in [0, 0.05) is 33.8 Å². The number of hydrazone groups is 1. The van der Waals surface area contributed by atoms with Crippen LogP contribution in [0.3, 0.4) is 0 Å². The Hall–Kier alpha value is -2.54. The lowest BCUT2D eigenvalue weighted by molar-refractivity contribution is -0.115. The molecule has 23 heavy (non-hydrogen) atoms. The largest absolute Gasteiger partial charge is 0.326 e. The molecule has 0 spiro atoms. The molecule has 6 nitrogen and oxygen atoms in total. The van der Waals surface area contributed by atoms with E-state index in [-0.39, 0.29) is 18.2 Å². The van der Waals surface area contributed by atoms with Crippen LogP contribution in [0.15, 0.2) is 58.4 Å². The zero-order chi connectivity index (χ0) is 16.7. The van der Waals surface area contributed by atoms with Crippen LogP contribution in [0.25, 0.3) is 0 Å². The van der Waals surface area contributed by atoms with Gasteiger partial charge in [0.2, 0.25) is 5.91 Å². The number of carbonyl (C=O) groups excluding carboxylic acids is 2. The van der Waals surface area contributed by atoms with E-state index < -0.39 is 0 Å². The molecule has 2 amide bonds. The Labute approximate surface area is 142 Å². The Morgan fingerprint density at radius 1 is 1.22 bits per heavy atom. The first-order valence-corrected chi connectivity index (χ1v) is 7.63. The number of rotatable bonds is 5. The zero-order valence-electron chi connectivity index (χ0n) is 12.4. The molecule has 0 aliphatic rings. The maximum Gasteiger partial charge on any atom is 0.271 e. The standard InChI is InChI=1S/C16H15BrN4O2/c1-11(20-21-16(23)12-5-7-18-8-6-12)9-15(22)19-14-4-2-3-13(17)10-14/h2-8,10H,9H2,1H3,(H,19,22)(H,21,23)/b20-11+. The number of anilines is 1. The summed E-state index contributed by atoms with van der Waals surface area (Å²) >= 11 is 3.34. The molecule has 1 heterocycles. The quantitative estimate of drug-likeness (QED) is 0.623. The van der Waals surface area contributed by atoms with E-state index in [2.05, 4.69) is 36.8 Å². The van der Waals surface area contributed by atoms with Gasteiger partial charge in [0.1, 0.15) is 0 Å². The van der Waals surface area contributed by atoms with Gasteiger partial charge < -0.3 is 5.32 Å². The molecule has 0 saturated heterocycles. The SMILES string of the molecule is C/C(CC(=O)Nc1cccc(Br)c1)=N\NC(=O)c1ccncc1. The minimum Gasteiger partial charge on any atom is -0.326 e. The molecule has 0 aliphatic heterocycles. The molecule has 0 unspecified atom stereocenters. The molecule has 0 saturated carbocycles. The van der Waals surface area contributed by atoms with E-state index in [0.717, 1.165) is 4.47 Å². The van der Waals surface area contributed by atoms with Crippen LogP contribution in [0.2, 0.25) is 0 Å². The number of halogens is 1. The van der Waals surface area contributed by atoms with Crippen molar-refractivity contribution in [3.05, 3.63) is 58.8 Å². The zero-order valence-corrected chi connectivity index (χ0v) is 14.0. The fraction of sp³-hybridized carbons (Fsp3) is 0.125. The van der Waals surface area contributed by atoms with Crippen molar-refractivity contribution in [3.63, 3.8) is 0 Å². The molecule has 2 aromatic rings. The number of benzene rings is 1. The number of aromatic nitrogens is 1. The van der Waals surface area contributed by atoms with Gasteiger partial charge in [-0.15, -0.1) is 0 Å². The van der Waals surface area contributed by atoms with Crippen LogP contribution in [0.4, 0.5) is 5.69 Å². The van der Waals surface area contributed by atoms with Gasteiger partial charge >= 0.3 is 0 Å². The van der Waals surface area contributed by atoms with Crippen molar-refractivity contribution >= 4 is 39.1 Å². The van der Waals surface area contributed by atoms with Crippen LogP contribution in [0.5, 0.6) is 0 Å². The average Bonchev–Trinajstić information content (AvgIpc) is 2.53. The van der Waals surface area contributed by atoms with Crippen LogP contribution in [0, 0.1) is 0 Å². The van der Waals surface area contributed by atoms with Gasteiger partial charge in [-0.25, -0.2) is 5.43 Å². The molecule has 1 aromatic heterocycles. The van der Waals surface area contributed by atoms with Crippen molar-refractivity contribution in [2.75, 3.05) is 5.32 Å². The van der Waals surface area contributed by atoms with Crippen molar-refractivity contribution in [3.8, 4) is 0 Å². The second-order valence-electron chi connectivity index (χ2n) is 4.76. The second-order valence-corrected chi connectivity index (χ2v) is 5.67. The molecule has 0 aliphatic carbocycles. The van der Waals surface area contributed by atoms with Gasteiger partial charge in [-0.05, 0) is 37.3 Å². The van der Waals surface area contributed by atoms with E-state index in [1.807, 2.05) is 12.1 Å². The maximum absolute atomic E-state index is 11.9. The highest BCUT2D eigenvalue weighted by atomic mass is 79.9. The first kappa shape index (κ1) is 16.8. The van der Waals surface area contributed by atoms with Gasteiger partial charge in [0.05, 0.1) is 6.42 Å². The monoisotopic (exact) mass is 374 g/mol. The highest BCUT2D eigenvalue weighted by Gasteiger charge is 2.07. The van der Waals surface area contributed by atoms with Crippen LogP contribution in [-0.2, 0) is 4.79 Å². The molecule has 0 fully saturated rings. The number of pyridine rings is 1. The summed E-state index contributed by atoms with van der Waals surface area (Å²) in [5.41, 5.74) is 4.06. The average molecular weight is 375 g/mol. The lowest BCUT2D eigenvalue weighted by atomic mass is 10.2. The summed E-state index contributed by atoms with van der Waals surface area (Å²) in [7, 11) is 0. The number of carbonyl (C=O) groups is 2. The molecule has 7 heteroatoms. The fourth-order valence-corrected chi connectivity index (χ4v) is 2.16. The number of amides is 2. The van der Waals surface area contributed by atoms with E-state index in [0.29, 0.717) is 17.0 Å². The lowest BCUT2D eigenvalue weighted by Gasteiger charge is -2.06. The molecular formula is C16H15BrN4O2. The van der Waals surface area contributed by atoms with Crippen LogP contribution >= 0.6 is 15.9 Å². The third-order valence-electron chi connectivity index (χ3n) is 2.82. The Morgan fingerprint density at radius 3 is 2.65 bits per heavy atom. The molecule has 0 radical (unpaired) electrons. The topological polar surface area (TPSA) is 83.5 Å². The predicted octanol–water partition coefficient (Wildman–Crippen LogP) is 2.98. The van der Waals surface area contributed by atoms with Crippen LogP contribution in [0.1, 0.15) is 23.7 Å². The van der Waals surface area contributed by atoms with Gasteiger partial charge in [-0.3, -0.25) is 14.6 Å². The molecule has 2 rings (SSSR count). The molecular weight excluding hydrogens is 360 g/mol. The Morgan fingerprint density at radius 2 is 1.96 bits per heavy atom. The van der Waals surface area contributed by atoms with Gasteiger partial charge in [-0.2, -0.15) is 5.10 Å². The summed E-state index contributed by atoms with van der Waals surface area (Å²) in [4.78, 5) is 27.6. The second kappa shape index (κ2) is 8.19. The highest BCUT2D eigenvalue weighted by Crippen LogP contribution is 2.15. The Balaban J connectivity index is 1.87. The number of hydrogen-bond acceptors (Lipinski definition) is 4. The normalized spacial score (nSPS) is 11.0. The summed E-state index contributed by atoms with van der Waals surface area (Å²) in [5, 5.41) is 6.69.